The number of halogens is 1. The van der Waals surface area contributed by atoms with Gasteiger partial charge < -0.3 is 10.3 Å². The molecular formula is C21H16FN7O. The molecule has 8 nitrogen and oxygen atoms in total. The quantitative estimate of drug-likeness (QED) is 0.496. The van der Waals surface area contributed by atoms with Gasteiger partial charge in [0, 0.05) is 0 Å². The Bertz CT molecular complexity index is 1390. The molecular weight excluding hydrogens is 385 g/mol. The fraction of sp³-hybridized carbons (Fsp3) is 0.0952. The molecule has 0 spiro atoms. The lowest BCUT2D eigenvalue weighted by atomic mass is 10.2. The highest BCUT2D eigenvalue weighted by molar-refractivity contribution is 5.78. The smallest absolute Gasteiger partial charge is 0.264 e. The molecule has 0 bridgehead atoms. The average molecular weight is 401 g/mol. The van der Waals surface area contributed by atoms with Crippen molar-refractivity contribution in [2.75, 3.05) is 5.73 Å². The first-order chi connectivity index (χ1) is 14.6. The van der Waals surface area contributed by atoms with E-state index in [1.165, 1.54) is 29.4 Å². The van der Waals surface area contributed by atoms with Crippen LogP contribution >= 0.6 is 0 Å². The third-order valence-electron chi connectivity index (χ3n) is 4.94. The highest BCUT2D eigenvalue weighted by Gasteiger charge is 2.19. The van der Waals surface area contributed by atoms with Gasteiger partial charge in [-0.2, -0.15) is 0 Å². The van der Waals surface area contributed by atoms with Gasteiger partial charge in [-0.05, 0) is 17.7 Å². The Kier molecular flexibility index (Phi) is 4.20. The maximum Gasteiger partial charge on any atom is 0.264 e. The first-order valence-corrected chi connectivity index (χ1v) is 9.25. The normalized spacial score (nSPS) is 11.4. The number of benzene rings is 2. The molecule has 2 aliphatic heterocycles. The summed E-state index contributed by atoms with van der Waals surface area (Å²) in [6.07, 6.45) is 2.93. The van der Waals surface area contributed by atoms with Crippen molar-refractivity contribution in [1.82, 2.24) is 29.1 Å². The van der Waals surface area contributed by atoms with E-state index in [1.54, 1.807) is 10.6 Å². The molecule has 9 heteroatoms. The molecule has 3 aromatic rings. The van der Waals surface area contributed by atoms with Crippen molar-refractivity contribution in [3.63, 3.8) is 0 Å². The number of fused-ring (bicyclic) bond motifs is 2. The van der Waals surface area contributed by atoms with E-state index in [1.807, 2.05) is 30.3 Å². The minimum absolute atomic E-state index is 0.0316. The number of anilines is 1. The fourth-order valence-electron chi connectivity index (χ4n) is 3.49. The van der Waals surface area contributed by atoms with Crippen molar-refractivity contribution in [3.05, 3.63) is 88.7 Å². The zero-order chi connectivity index (χ0) is 20.7. The second-order valence-electron chi connectivity index (χ2n) is 6.84. The predicted molar refractivity (Wildman–Crippen MR) is 109 cm³/mol. The lowest BCUT2D eigenvalue weighted by Gasteiger charge is -2.16. The molecule has 2 aliphatic rings. The van der Waals surface area contributed by atoms with Crippen LogP contribution < -0.4 is 11.3 Å². The van der Waals surface area contributed by atoms with Crippen molar-refractivity contribution in [2.24, 2.45) is 0 Å². The molecule has 0 atom stereocenters. The Labute approximate surface area is 169 Å². The standard InChI is InChI=1S/C21H16FN7O/c22-14-7-4-8-15-17(14)21(30)29(9-13-5-2-1-3-6-13)16(27-15)10-28-12-26-19(23)18-20(28)25-11-24-18/h1-8,11-12H,9-10,23H2. The number of hydrogen-bond acceptors (Lipinski definition) is 6. The Balaban J connectivity index is 1.70. The van der Waals surface area contributed by atoms with Gasteiger partial charge in [-0.15, -0.1) is 0 Å². The van der Waals surface area contributed by atoms with E-state index in [4.69, 9.17) is 5.73 Å². The van der Waals surface area contributed by atoms with Crippen LogP contribution in [-0.2, 0) is 13.1 Å². The summed E-state index contributed by atoms with van der Waals surface area (Å²) in [5.74, 6) is 0.656. The Morgan fingerprint density at radius 1 is 0.967 bits per heavy atom. The van der Waals surface area contributed by atoms with Crippen molar-refractivity contribution < 1.29 is 4.39 Å². The largest absolute Gasteiger partial charge is 0.382 e. The van der Waals surface area contributed by atoms with Crippen LogP contribution in [0.25, 0.3) is 22.4 Å². The van der Waals surface area contributed by atoms with Crippen molar-refractivity contribution in [2.45, 2.75) is 13.1 Å². The lowest BCUT2D eigenvalue weighted by molar-refractivity contribution is 0.613. The van der Waals surface area contributed by atoms with E-state index in [0.717, 1.165) is 5.56 Å². The average Bonchev–Trinajstić information content (AvgIpc) is 3.25. The molecule has 3 heterocycles. The third kappa shape index (κ3) is 2.96. The van der Waals surface area contributed by atoms with Crippen LogP contribution in [-0.4, -0.2) is 29.1 Å². The van der Waals surface area contributed by atoms with Crippen LogP contribution in [0.15, 0.2) is 66.0 Å². The van der Waals surface area contributed by atoms with Gasteiger partial charge in [-0.1, -0.05) is 36.4 Å². The second kappa shape index (κ2) is 7.03. The summed E-state index contributed by atoms with van der Waals surface area (Å²) in [7, 11) is 0. The highest BCUT2D eigenvalue weighted by atomic mass is 19.1. The predicted octanol–water partition coefficient (Wildman–Crippen LogP) is 2.31. The molecule has 30 heavy (non-hydrogen) atoms. The summed E-state index contributed by atoms with van der Waals surface area (Å²) >= 11 is 0. The van der Waals surface area contributed by atoms with Crippen molar-refractivity contribution in [1.29, 1.82) is 0 Å². The zero-order valence-corrected chi connectivity index (χ0v) is 15.7. The second-order valence-corrected chi connectivity index (χ2v) is 6.84. The summed E-state index contributed by atoms with van der Waals surface area (Å²) in [5.41, 5.74) is 7.10. The van der Waals surface area contributed by atoms with Gasteiger partial charge in [0.05, 0.1) is 24.9 Å². The number of nitrogens with zero attached hydrogens (tertiary/aromatic N) is 6. The molecule has 0 radical (unpaired) electrons. The van der Waals surface area contributed by atoms with Crippen LogP contribution in [0.3, 0.4) is 0 Å². The van der Waals surface area contributed by atoms with Crippen LogP contribution in [0.5, 0.6) is 0 Å². The summed E-state index contributed by atoms with van der Waals surface area (Å²) in [6.45, 7) is 0.447. The first kappa shape index (κ1) is 17.9. The minimum Gasteiger partial charge on any atom is -0.382 e. The minimum atomic E-state index is -0.593. The van der Waals surface area contributed by atoms with Gasteiger partial charge in [0.25, 0.3) is 5.56 Å². The monoisotopic (exact) mass is 401 g/mol. The van der Waals surface area contributed by atoms with Gasteiger partial charge in [-0.25, -0.2) is 24.3 Å². The van der Waals surface area contributed by atoms with Crippen LogP contribution in [0.4, 0.5) is 10.2 Å². The van der Waals surface area contributed by atoms with Gasteiger partial charge in [-0.3, -0.25) is 9.36 Å². The van der Waals surface area contributed by atoms with Crippen LogP contribution in [0, 0.1) is 5.82 Å². The summed E-state index contributed by atoms with van der Waals surface area (Å²) in [6, 6.07) is 13.9. The summed E-state index contributed by atoms with van der Waals surface area (Å²) in [5, 5.41) is -0.0316. The maximum atomic E-state index is 14.4. The number of imidazole rings is 1. The summed E-state index contributed by atoms with van der Waals surface area (Å²) in [4.78, 5) is 30.4. The van der Waals surface area contributed by atoms with Crippen LogP contribution in [0.2, 0.25) is 0 Å². The van der Waals surface area contributed by atoms with E-state index in [9.17, 15) is 9.18 Å². The molecule has 0 aliphatic carbocycles. The Hall–Kier alpha value is -4.14. The molecule has 2 aromatic carbocycles. The topological polar surface area (TPSA) is 105 Å². The number of hydrogen-bond donors (Lipinski definition) is 1. The number of nitrogen functional groups attached to an aromatic ring is 1. The van der Waals surface area contributed by atoms with E-state index >= 15 is 0 Å². The molecule has 0 amide bonds. The zero-order valence-electron chi connectivity index (χ0n) is 15.7. The first-order valence-electron chi connectivity index (χ1n) is 9.25. The van der Waals surface area contributed by atoms with E-state index in [0.29, 0.717) is 22.9 Å². The van der Waals surface area contributed by atoms with Gasteiger partial charge in [0.2, 0.25) is 0 Å². The van der Waals surface area contributed by atoms with Gasteiger partial charge in [0.15, 0.2) is 11.6 Å². The van der Waals surface area contributed by atoms with Crippen LogP contribution in [0.1, 0.15) is 11.4 Å². The third-order valence-corrected chi connectivity index (χ3v) is 4.94. The molecule has 0 unspecified atom stereocenters. The number of rotatable bonds is 4. The molecule has 0 saturated heterocycles. The lowest BCUT2D eigenvalue weighted by Crippen LogP contribution is -2.28. The Morgan fingerprint density at radius 2 is 1.80 bits per heavy atom. The fourth-order valence-corrected chi connectivity index (χ4v) is 3.49. The van der Waals surface area contributed by atoms with E-state index in [-0.39, 0.29) is 24.3 Å². The molecule has 5 rings (SSSR count). The number of aromatic nitrogens is 6. The van der Waals surface area contributed by atoms with Crippen molar-refractivity contribution >= 4 is 16.7 Å². The molecule has 2 N–H and O–H groups in total. The molecule has 148 valence electrons. The molecule has 0 fully saturated rings. The van der Waals surface area contributed by atoms with Crippen molar-refractivity contribution in [3.8, 4) is 11.5 Å². The van der Waals surface area contributed by atoms with E-state index < -0.39 is 11.4 Å². The highest BCUT2D eigenvalue weighted by Crippen LogP contribution is 2.22. The molecule has 1 aromatic heterocycles. The van der Waals surface area contributed by atoms with E-state index in [2.05, 4.69) is 19.9 Å². The van der Waals surface area contributed by atoms with Gasteiger partial charge in [0.1, 0.15) is 29.0 Å². The maximum absolute atomic E-state index is 14.4. The summed E-state index contributed by atoms with van der Waals surface area (Å²) < 4.78 is 17.6. The SMILES string of the molecule is Nc1ncn(Cc2nc3cccc(F)c3c(=O)n2Cc2ccccc2)c2ncnc1-2. The molecule has 0 saturated carbocycles. The number of nitrogens with two attached hydrogens (primary N) is 1. The Morgan fingerprint density at radius 3 is 2.63 bits per heavy atom. The van der Waals surface area contributed by atoms with Gasteiger partial charge >= 0.3 is 0 Å².